The Hall–Kier alpha value is -2.63. The lowest BCUT2D eigenvalue weighted by molar-refractivity contribution is -0.115. The molecule has 6 nitrogen and oxygen atoms in total. The maximum Gasteiger partial charge on any atom is 0.325 e. The van der Waals surface area contributed by atoms with Gasteiger partial charge in [-0.1, -0.05) is 32.9 Å². The van der Waals surface area contributed by atoms with Crippen LogP contribution >= 0.6 is 0 Å². The third kappa shape index (κ3) is 4.18. The molecule has 1 aromatic heterocycles. The molecule has 3 N–H and O–H groups in total. The fourth-order valence-corrected chi connectivity index (χ4v) is 2.05. The maximum absolute atomic E-state index is 11.9. The molecule has 0 aliphatic heterocycles. The molecular formula is C16H19N3O3. The summed E-state index contributed by atoms with van der Waals surface area (Å²) in [6.45, 7) is 6.34. The monoisotopic (exact) mass is 301 g/mol. The first-order valence-corrected chi connectivity index (χ1v) is 6.97. The SMILES string of the molecule is CC(C)(C)c1ccc(NC(=O)Cc2cc(=O)[nH]c(=O)[nH]2)cc1. The van der Waals surface area contributed by atoms with Crippen LogP contribution in [0.5, 0.6) is 0 Å². The van der Waals surface area contributed by atoms with E-state index >= 15 is 0 Å². The molecule has 2 rings (SSSR count). The maximum atomic E-state index is 11.9. The van der Waals surface area contributed by atoms with E-state index in [4.69, 9.17) is 0 Å². The topological polar surface area (TPSA) is 94.8 Å². The first kappa shape index (κ1) is 15.8. The van der Waals surface area contributed by atoms with Crippen molar-refractivity contribution in [2.75, 3.05) is 5.32 Å². The number of H-pyrrole nitrogens is 2. The molecule has 0 fully saturated rings. The molecule has 0 bridgehead atoms. The molecule has 0 aliphatic carbocycles. The first-order chi connectivity index (χ1) is 10.2. The Morgan fingerprint density at radius 2 is 1.73 bits per heavy atom. The molecule has 0 spiro atoms. The lowest BCUT2D eigenvalue weighted by atomic mass is 9.87. The highest BCUT2D eigenvalue weighted by atomic mass is 16.2. The number of carbonyl (C=O) groups is 1. The third-order valence-electron chi connectivity index (χ3n) is 3.20. The van der Waals surface area contributed by atoms with Crippen LogP contribution in [0.2, 0.25) is 0 Å². The lowest BCUT2D eigenvalue weighted by Crippen LogP contribution is -2.25. The van der Waals surface area contributed by atoms with Crippen LogP contribution in [0, 0.1) is 0 Å². The average molecular weight is 301 g/mol. The quantitative estimate of drug-likeness (QED) is 0.802. The van der Waals surface area contributed by atoms with Crippen LogP contribution in [0.4, 0.5) is 5.69 Å². The summed E-state index contributed by atoms with van der Waals surface area (Å²) < 4.78 is 0. The highest BCUT2D eigenvalue weighted by molar-refractivity contribution is 5.92. The number of hydrogen-bond acceptors (Lipinski definition) is 3. The lowest BCUT2D eigenvalue weighted by Gasteiger charge is -2.19. The van der Waals surface area contributed by atoms with Crippen molar-refractivity contribution >= 4 is 11.6 Å². The summed E-state index contributed by atoms with van der Waals surface area (Å²) in [5.74, 6) is -0.301. The predicted molar refractivity (Wildman–Crippen MR) is 85.2 cm³/mol. The van der Waals surface area contributed by atoms with Crippen LogP contribution in [0.3, 0.4) is 0 Å². The van der Waals surface area contributed by atoms with Crippen molar-refractivity contribution in [3.8, 4) is 0 Å². The zero-order valence-corrected chi connectivity index (χ0v) is 12.8. The molecule has 1 heterocycles. The summed E-state index contributed by atoms with van der Waals surface area (Å²) in [6, 6.07) is 8.79. The van der Waals surface area contributed by atoms with Crippen molar-refractivity contribution in [3.63, 3.8) is 0 Å². The van der Waals surface area contributed by atoms with Crippen molar-refractivity contribution < 1.29 is 4.79 Å². The molecule has 0 unspecified atom stereocenters. The van der Waals surface area contributed by atoms with Gasteiger partial charge in [0, 0.05) is 17.4 Å². The zero-order chi connectivity index (χ0) is 16.3. The number of carbonyl (C=O) groups excluding carboxylic acids is 1. The van der Waals surface area contributed by atoms with E-state index in [9.17, 15) is 14.4 Å². The average Bonchev–Trinajstić information content (AvgIpc) is 2.36. The van der Waals surface area contributed by atoms with Gasteiger partial charge in [0.15, 0.2) is 0 Å². The summed E-state index contributed by atoms with van der Waals surface area (Å²) in [7, 11) is 0. The van der Waals surface area contributed by atoms with Crippen molar-refractivity contribution in [2.24, 2.45) is 0 Å². The second kappa shape index (κ2) is 6.01. The van der Waals surface area contributed by atoms with Gasteiger partial charge in [-0.15, -0.1) is 0 Å². The Morgan fingerprint density at radius 1 is 1.09 bits per heavy atom. The number of amides is 1. The molecule has 0 atom stereocenters. The Balaban J connectivity index is 2.06. The van der Waals surface area contributed by atoms with Gasteiger partial charge in [-0.3, -0.25) is 14.6 Å². The fraction of sp³-hybridized carbons (Fsp3) is 0.312. The molecule has 0 saturated carbocycles. The fourth-order valence-electron chi connectivity index (χ4n) is 2.05. The molecule has 0 saturated heterocycles. The van der Waals surface area contributed by atoms with Crippen LogP contribution in [0.15, 0.2) is 39.9 Å². The van der Waals surface area contributed by atoms with E-state index in [1.54, 1.807) is 0 Å². The van der Waals surface area contributed by atoms with Crippen molar-refractivity contribution in [1.29, 1.82) is 0 Å². The number of rotatable bonds is 3. The van der Waals surface area contributed by atoms with E-state index in [2.05, 4.69) is 36.1 Å². The smallest absolute Gasteiger partial charge is 0.325 e. The number of benzene rings is 1. The molecular weight excluding hydrogens is 282 g/mol. The molecule has 116 valence electrons. The highest BCUT2D eigenvalue weighted by Gasteiger charge is 2.13. The largest absolute Gasteiger partial charge is 0.326 e. The van der Waals surface area contributed by atoms with Gasteiger partial charge in [-0.25, -0.2) is 4.79 Å². The number of hydrogen-bond donors (Lipinski definition) is 3. The van der Waals surface area contributed by atoms with E-state index in [-0.39, 0.29) is 23.4 Å². The van der Waals surface area contributed by atoms with Crippen LogP contribution in [-0.4, -0.2) is 15.9 Å². The van der Waals surface area contributed by atoms with Crippen LogP contribution in [-0.2, 0) is 16.6 Å². The number of nitrogens with one attached hydrogen (secondary N) is 3. The van der Waals surface area contributed by atoms with Gasteiger partial charge in [0.05, 0.1) is 6.42 Å². The van der Waals surface area contributed by atoms with Gasteiger partial charge in [0.25, 0.3) is 5.56 Å². The minimum Gasteiger partial charge on any atom is -0.326 e. The third-order valence-corrected chi connectivity index (χ3v) is 3.20. The van der Waals surface area contributed by atoms with Gasteiger partial charge < -0.3 is 10.3 Å². The minimum atomic E-state index is -0.621. The van der Waals surface area contributed by atoms with E-state index in [1.165, 1.54) is 11.6 Å². The van der Waals surface area contributed by atoms with Crippen molar-refractivity contribution in [3.05, 3.63) is 62.4 Å². The van der Waals surface area contributed by atoms with Gasteiger partial charge in [0.1, 0.15) is 0 Å². The molecule has 0 aliphatic rings. The molecule has 2 aromatic rings. The molecule has 6 heteroatoms. The Bertz CT molecular complexity index is 752. The Kier molecular flexibility index (Phi) is 4.30. The number of aromatic nitrogens is 2. The minimum absolute atomic E-state index is 0.0487. The summed E-state index contributed by atoms with van der Waals surface area (Å²) >= 11 is 0. The second-order valence-electron chi connectivity index (χ2n) is 6.17. The Labute approximate surface area is 127 Å². The van der Waals surface area contributed by atoms with Gasteiger partial charge in [-0.05, 0) is 23.1 Å². The number of anilines is 1. The molecule has 0 radical (unpaired) electrons. The normalized spacial score (nSPS) is 11.2. The first-order valence-electron chi connectivity index (χ1n) is 6.97. The zero-order valence-electron chi connectivity index (χ0n) is 12.8. The molecule has 1 aromatic carbocycles. The summed E-state index contributed by atoms with van der Waals surface area (Å²) in [5.41, 5.74) is 1.02. The molecule has 1 amide bonds. The summed E-state index contributed by atoms with van der Waals surface area (Å²) in [4.78, 5) is 38.7. The van der Waals surface area contributed by atoms with Gasteiger partial charge >= 0.3 is 5.69 Å². The second-order valence-corrected chi connectivity index (χ2v) is 6.17. The highest BCUT2D eigenvalue weighted by Crippen LogP contribution is 2.23. The van der Waals surface area contributed by atoms with E-state index in [0.29, 0.717) is 5.69 Å². The van der Waals surface area contributed by atoms with Crippen molar-refractivity contribution in [1.82, 2.24) is 9.97 Å². The van der Waals surface area contributed by atoms with Crippen molar-refractivity contribution in [2.45, 2.75) is 32.6 Å². The summed E-state index contributed by atoms with van der Waals surface area (Å²) in [5, 5.41) is 2.73. The van der Waals surface area contributed by atoms with Crippen LogP contribution < -0.4 is 16.6 Å². The van der Waals surface area contributed by atoms with Gasteiger partial charge in [-0.2, -0.15) is 0 Å². The Morgan fingerprint density at radius 3 is 2.27 bits per heavy atom. The van der Waals surface area contributed by atoms with E-state index in [1.807, 2.05) is 24.3 Å². The van der Waals surface area contributed by atoms with Gasteiger partial charge in [0.2, 0.25) is 5.91 Å². The van der Waals surface area contributed by atoms with E-state index < -0.39 is 11.2 Å². The predicted octanol–water partition coefficient (Wildman–Crippen LogP) is 1.54. The molecule has 22 heavy (non-hydrogen) atoms. The summed E-state index contributed by atoms with van der Waals surface area (Å²) in [6.07, 6.45) is -0.0693. The van der Waals surface area contributed by atoms with Crippen LogP contribution in [0.1, 0.15) is 32.0 Å². The number of aromatic amines is 2. The van der Waals surface area contributed by atoms with Crippen LogP contribution in [0.25, 0.3) is 0 Å². The van der Waals surface area contributed by atoms with E-state index in [0.717, 1.165) is 0 Å². The standard InChI is InChI=1S/C16H19N3O3/c1-16(2,3)10-4-6-11(7-5-10)17-13(20)8-12-9-14(21)19-15(22)18-12/h4-7,9H,8H2,1-3H3,(H,17,20)(H2,18,19,21,22).